The molecule has 0 amide bonds. The fraction of sp³-hybridized carbons (Fsp3) is 0.167. The molecular weight excluding hydrogens is 486 g/mol. The molecule has 4 aromatic rings. The Hall–Kier alpha value is -2.24. The van der Waals surface area contributed by atoms with Crippen molar-refractivity contribution >= 4 is 46.4 Å². The van der Waals surface area contributed by atoms with Gasteiger partial charge in [-0.05, 0) is 64.7 Å². The highest BCUT2D eigenvalue weighted by Gasteiger charge is 2.44. The molecule has 2 aromatic heterocycles. The van der Waals surface area contributed by atoms with Crippen LogP contribution in [0.5, 0.6) is 0 Å². The summed E-state index contributed by atoms with van der Waals surface area (Å²) in [5.41, 5.74) is 3.59. The van der Waals surface area contributed by atoms with Gasteiger partial charge in [0.1, 0.15) is 10.3 Å². The van der Waals surface area contributed by atoms with Crippen molar-refractivity contribution in [2.45, 2.75) is 24.2 Å². The Morgan fingerprint density at radius 1 is 0.625 bits per heavy atom. The third-order valence-corrected chi connectivity index (χ3v) is 6.21. The number of benzene rings is 2. The third-order valence-electron chi connectivity index (χ3n) is 5.45. The lowest BCUT2D eigenvalue weighted by molar-refractivity contribution is 0.279. The maximum absolute atomic E-state index is 6.13. The summed E-state index contributed by atoms with van der Waals surface area (Å²) in [6.45, 7) is 0. The molecule has 0 bridgehead atoms. The summed E-state index contributed by atoms with van der Waals surface area (Å²) in [6, 6.07) is 24.6. The first-order valence-corrected chi connectivity index (χ1v) is 11.5. The molecular formula is C24H18Cl4N4. The van der Waals surface area contributed by atoms with Gasteiger partial charge in [0.05, 0.1) is 5.69 Å². The van der Waals surface area contributed by atoms with Gasteiger partial charge in [-0.2, -0.15) is 0 Å². The van der Waals surface area contributed by atoms with Crippen LogP contribution in [-0.2, 0) is 0 Å². The number of hydrogen-bond acceptors (Lipinski definition) is 4. The van der Waals surface area contributed by atoms with Crippen LogP contribution in [0.4, 0.5) is 0 Å². The van der Waals surface area contributed by atoms with Crippen molar-refractivity contribution in [3.63, 3.8) is 0 Å². The monoisotopic (exact) mass is 502 g/mol. The second-order valence-electron chi connectivity index (χ2n) is 7.33. The largest absolute Gasteiger partial charge is 0.226 e. The lowest BCUT2D eigenvalue weighted by atomic mass is 9.58. The van der Waals surface area contributed by atoms with Gasteiger partial charge >= 0.3 is 0 Å². The molecule has 0 radical (unpaired) electrons. The van der Waals surface area contributed by atoms with Crippen LogP contribution in [0.25, 0.3) is 0 Å². The van der Waals surface area contributed by atoms with Gasteiger partial charge in [0.2, 0.25) is 10.6 Å². The minimum Gasteiger partial charge on any atom is -0.226 e. The Kier molecular flexibility index (Phi) is 7.59. The number of nitrogens with zero attached hydrogens (tertiary/aromatic N) is 4. The van der Waals surface area contributed by atoms with Gasteiger partial charge in [-0.3, -0.25) is 0 Å². The van der Waals surface area contributed by atoms with Crippen molar-refractivity contribution < 1.29 is 0 Å². The number of aromatic nitrogens is 4. The van der Waals surface area contributed by atoms with Crippen molar-refractivity contribution in [2.75, 3.05) is 0 Å². The van der Waals surface area contributed by atoms with Crippen molar-refractivity contribution in [1.29, 1.82) is 0 Å². The molecule has 3 atom stereocenters. The van der Waals surface area contributed by atoms with E-state index in [-0.39, 0.29) is 16.5 Å². The van der Waals surface area contributed by atoms with E-state index in [1.165, 1.54) is 17.3 Å². The number of halogens is 4. The Bertz CT molecular complexity index is 1090. The fourth-order valence-corrected chi connectivity index (χ4v) is 4.79. The normalized spacial score (nSPS) is 19.4. The van der Waals surface area contributed by atoms with Crippen LogP contribution in [0.1, 0.15) is 41.0 Å². The van der Waals surface area contributed by atoms with E-state index in [2.05, 4.69) is 68.5 Å². The van der Waals surface area contributed by atoms with Gasteiger partial charge in [0.25, 0.3) is 0 Å². The summed E-state index contributed by atoms with van der Waals surface area (Å²) in [6.07, 6.45) is 2.59. The zero-order chi connectivity index (χ0) is 22.5. The Morgan fingerprint density at radius 3 is 1.66 bits per heavy atom. The highest BCUT2D eigenvalue weighted by atomic mass is 35.5. The van der Waals surface area contributed by atoms with E-state index in [1.54, 1.807) is 6.07 Å². The standard InChI is InChI=1S/C20H16Cl2N2.C4H2Cl2N2/c21-18-12-17(23-20(22)24-18)19-15(13-7-3-1-4-8-13)11-16(19)14-9-5-2-6-10-14;5-3-1-2-7-4(6)8-3/h1-10,12,15-16,19H,11H2;1-2H/t15-,16?,19?;/m1./s1. The third kappa shape index (κ3) is 5.57. The van der Waals surface area contributed by atoms with E-state index in [0.717, 1.165) is 12.1 Å². The Morgan fingerprint density at radius 2 is 1.19 bits per heavy atom. The van der Waals surface area contributed by atoms with Crippen LogP contribution in [0.3, 0.4) is 0 Å². The molecule has 2 aromatic carbocycles. The van der Waals surface area contributed by atoms with E-state index < -0.39 is 0 Å². The molecule has 0 spiro atoms. The van der Waals surface area contributed by atoms with Crippen LogP contribution in [0.15, 0.2) is 79.0 Å². The maximum atomic E-state index is 6.13. The summed E-state index contributed by atoms with van der Waals surface area (Å²) in [5, 5.41) is 1.15. The van der Waals surface area contributed by atoms with Gasteiger partial charge in [-0.25, -0.2) is 19.9 Å². The number of rotatable bonds is 3. The molecule has 162 valence electrons. The predicted octanol–water partition coefficient (Wildman–Crippen LogP) is 7.62. The molecule has 32 heavy (non-hydrogen) atoms. The summed E-state index contributed by atoms with van der Waals surface area (Å²) >= 11 is 22.9. The molecule has 5 rings (SSSR count). The van der Waals surface area contributed by atoms with Gasteiger partial charge in [0, 0.05) is 12.1 Å². The summed E-state index contributed by atoms with van der Waals surface area (Å²) in [4.78, 5) is 15.7. The lowest BCUT2D eigenvalue weighted by Gasteiger charge is -2.45. The first-order chi connectivity index (χ1) is 15.5. The molecule has 0 aliphatic heterocycles. The summed E-state index contributed by atoms with van der Waals surface area (Å²) in [7, 11) is 0. The molecule has 0 saturated heterocycles. The molecule has 1 aliphatic rings. The lowest BCUT2D eigenvalue weighted by Crippen LogP contribution is -2.32. The molecule has 0 N–H and O–H groups in total. The second-order valence-corrected chi connectivity index (χ2v) is 8.78. The average molecular weight is 504 g/mol. The Balaban J connectivity index is 0.000000260. The van der Waals surface area contributed by atoms with Gasteiger partial charge in [0.15, 0.2) is 0 Å². The predicted molar refractivity (Wildman–Crippen MR) is 130 cm³/mol. The molecule has 1 saturated carbocycles. The van der Waals surface area contributed by atoms with Crippen LogP contribution >= 0.6 is 46.4 Å². The molecule has 2 unspecified atom stereocenters. The quantitative estimate of drug-likeness (QED) is 0.213. The van der Waals surface area contributed by atoms with Gasteiger partial charge in [-0.1, -0.05) is 83.9 Å². The highest BCUT2D eigenvalue weighted by Crippen LogP contribution is 2.57. The van der Waals surface area contributed by atoms with E-state index in [0.29, 0.717) is 22.1 Å². The van der Waals surface area contributed by atoms with Crippen molar-refractivity contribution in [1.82, 2.24) is 19.9 Å². The number of hydrogen-bond donors (Lipinski definition) is 0. The molecule has 4 nitrogen and oxygen atoms in total. The van der Waals surface area contributed by atoms with Crippen LogP contribution in [-0.4, -0.2) is 19.9 Å². The smallest absolute Gasteiger partial charge is 0.224 e. The van der Waals surface area contributed by atoms with Gasteiger partial charge in [-0.15, -0.1) is 0 Å². The van der Waals surface area contributed by atoms with E-state index in [9.17, 15) is 0 Å². The summed E-state index contributed by atoms with van der Waals surface area (Å²) in [5.74, 6) is 1.09. The van der Waals surface area contributed by atoms with E-state index in [1.807, 2.05) is 18.2 Å². The van der Waals surface area contributed by atoms with E-state index in [4.69, 9.17) is 46.4 Å². The fourth-order valence-electron chi connectivity index (χ4n) is 4.04. The highest BCUT2D eigenvalue weighted by molar-refractivity contribution is 6.32. The van der Waals surface area contributed by atoms with Crippen molar-refractivity contribution in [3.8, 4) is 0 Å². The van der Waals surface area contributed by atoms with E-state index >= 15 is 0 Å². The molecule has 1 aliphatic carbocycles. The first kappa shape index (κ1) is 22.9. The molecule has 2 heterocycles. The zero-order valence-corrected chi connectivity index (χ0v) is 19.8. The Labute approximate surface area is 206 Å². The SMILES string of the molecule is Clc1cc(C2C(c3ccccc3)C[C@@H]2c2ccccc2)nc(Cl)n1.Clc1ccnc(Cl)n1. The van der Waals surface area contributed by atoms with Crippen LogP contribution in [0, 0.1) is 0 Å². The first-order valence-electron chi connectivity index (χ1n) is 9.95. The average Bonchev–Trinajstić information content (AvgIpc) is 2.74. The van der Waals surface area contributed by atoms with Gasteiger partial charge < -0.3 is 0 Å². The van der Waals surface area contributed by atoms with Crippen molar-refractivity contribution in [3.05, 3.63) is 117 Å². The maximum Gasteiger partial charge on any atom is 0.224 e. The van der Waals surface area contributed by atoms with Crippen LogP contribution < -0.4 is 0 Å². The topological polar surface area (TPSA) is 51.6 Å². The zero-order valence-electron chi connectivity index (χ0n) is 16.7. The minimum atomic E-state index is 0.178. The second kappa shape index (κ2) is 10.6. The molecule has 1 fully saturated rings. The van der Waals surface area contributed by atoms with Crippen molar-refractivity contribution in [2.24, 2.45) is 0 Å². The summed E-state index contributed by atoms with van der Waals surface area (Å²) < 4.78 is 0. The van der Waals surface area contributed by atoms with Crippen LogP contribution in [0.2, 0.25) is 20.9 Å². The minimum absolute atomic E-state index is 0.178. The molecule has 8 heteroatoms.